The third kappa shape index (κ3) is 4.93. The molecule has 1 fully saturated rings. The molecular weight excluding hydrogens is 418 g/mol. The molecule has 0 saturated heterocycles. The SMILES string of the molecule is CCOC(=O)c1sc(NC(=O)CSc2nnnn2C2CC2)c(C(=O)OCC)c1C. The Bertz CT molecular complexity index is 921. The molecule has 0 spiro atoms. The molecule has 0 radical (unpaired) electrons. The average molecular weight is 440 g/mol. The van der Waals surface area contributed by atoms with Gasteiger partial charge in [-0.1, -0.05) is 11.8 Å². The van der Waals surface area contributed by atoms with Crippen molar-refractivity contribution in [3.63, 3.8) is 0 Å². The van der Waals surface area contributed by atoms with E-state index in [0.29, 0.717) is 16.8 Å². The average Bonchev–Trinajstić information content (AvgIpc) is 3.32. The quantitative estimate of drug-likeness (QED) is 0.463. The summed E-state index contributed by atoms with van der Waals surface area (Å²) in [6.07, 6.45) is 2.05. The van der Waals surface area contributed by atoms with Crippen LogP contribution in [-0.4, -0.2) is 57.0 Å². The predicted octanol–water partition coefficient (Wildman–Crippen LogP) is 2.46. The van der Waals surface area contributed by atoms with Crippen LogP contribution < -0.4 is 5.32 Å². The minimum absolute atomic E-state index is 0.0566. The fourth-order valence-corrected chi connectivity index (χ4v) is 4.41. The number of carbonyl (C=O) groups is 3. The molecule has 1 aliphatic rings. The van der Waals surface area contributed by atoms with Gasteiger partial charge in [0, 0.05) is 0 Å². The summed E-state index contributed by atoms with van der Waals surface area (Å²) in [6.45, 7) is 5.39. The number of rotatable bonds is 9. The van der Waals surface area contributed by atoms with Crippen LogP contribution in [0.4, 0.5) is 5.00 Å². The molecule has 10 nitrogen and oxygen atoms in total. The molecule has 1 saturated carbocycles. The Kier molecular flexibility index (Phi) is 6.85. The molecular formula is C17H21N5O5S2. The minimum atomic E-state index is -0.600. The van der Waals surface area contributed by atoms with Crippen molar-refractivity contribution < 1.29 is 23.9 Å². The first-order valence-electron chi connectivity index (χ1n) is 9.14. The second-order valence-electron chi connectivity index (χ2n) is 6.18. The van der Waals surface area contributed by atoms with Crippen molar-refractivity contribution in [1.82, 2.24) is 20.2 Å². The second kappa shape index (κ2) is 9.35. The summed E-state index contributed by atoms with van der Waals surface area (Å²) in [7, 11) is 0. The van der Waals surface area contributed by atoms with E-state index in [1.165, 1.54) is 11.8 Å². The number of anilines is 1. The van der Waals surface area contributed by atoms with Crippen LogP contribution in [0.15, 0.2) is 5.16 Å². The lowest BCUT2D eigenvalue weighted by Gasteiger charge is -2.07. The molecule has 2 heterocycles. The number of thiophene rings is 1. The Hall–Kier alpha value is -2.47. The lowest BCUT2D eigenvalue weighted by molar-refractivity contribution is -0.113. The number of hydrogen-bond donors (Lipinski definition) is 1. The number of esters is 2. The van der Waals surface area contributed by atoms with Crippen molar-refractivity contribution >= 4 is 45.9 Å². The summed E-state index contributed by atoms with van der Waals surface area (Å²) in [5.41, 5.74) is 0.591. The molecule has 12 heteroatoms. The maximum atomic E-state index is 12.5. The molecule has 0 aromatic carbocycles. The van der Waals surface area contributed by atoms with Crippen LogP contribution in [-0.2, 0) is 14.3 Å². The van der Waals surface area contributed by atoms with E-state index >= 15 is 0 Å². The standard InChI is InChI=1S/C17H21N5O5S2/c1-4-26-15(24)12-9(3)13(16(25)27-5-2)29-14(12)18-11(23)8-28-17-19-20-21-22(17)10-6-7-10/h10H,4-8H2,1-3H3,(H,18,23). The minimum Gasteiger partial charge on any atom is -0.462 e. The zero-order valence-electron chi connectivity index (χ0n) is 16.3. The number of ether oxygens (including phenoxy) is 2. The fraction of sp³-hybridized carbons (Fsp3) is 0.529. The van der Waals surface area contributed by atoms with Gasteiger partial charge in [0.2, 0.25) is 11.1 Å². The molecule has 0 bridgehead atoms. The largest absolute Gasteiger partial charge is 0.462 e. The Labute approximate surface area is 175 Å². The Balaban J connectivity index is 1.74. The van der Waals surface area contributed by atoms with Crippen LogP contribution in [0.5, 0.6) is 0 Å². The van der Waals surface area contributed by atoms with Gasteiger partial charge in [-0.3, -0.25) is 4.79 Å². The topological polar surface area (TPSA) is 125 Å². The van der Waals surface area contributed by atoms with E-state index in [1.54, 1.807) is 25.5 Å². The molecule has 0 unspecified atom stereocenters. The van der Waals surface area contributed by atoms with Crippen molar-refractivity contribution in [2.45, 2.75) is 44.8 Å². The first-order valence-corrected chi connectivity index (χ1v) is 10.9. The maximum absolute atomic E-state index is 12.5. The molecule has 29 heavy (non-hydrogen) atoms. The zero-order valence-corrected chi connectivity index (χ0v) is 17.9. The third-order valence-corrected chi connectivity index (χ3v) is 6.15. The predicted molar refractivity (Wildman–Crippen MR) is 106 cm³/mol. The molecule has 156 valence electrons. The highest BCUT2D eigenvalue weighted by Crippen LogP contribution is 2.37. The highest BCUT2D eigenvalue weighted by atomic mass is 32.2. The van der Waals surface area contributed by atoms with E-state index in [2.05, 4.69) is 20.8 Å². The van der Waals surface area contributed by atoms with E-state index < -0.39 is 11.9 Å². The van der Waals surface area contributed by atoms with E-state index in [9.17, 15) is 14.4 Å². The smallest absolute Gasteiger partial charge is 0.348 e. The van der Waals surface area contributed by atoms with Gasteiger partial charge in [-0.2, -0.15) is 0 Å². The van der Waals surface area contributed by atoms with E-state index in [4.69, 9.17) is 9.47 Å². The summed E-state index contributed by atoms with van der Waals surface area (Å²) in [5, 5.41) is 15.1. The number of nitrogens with zero attached hydrogens (tertiary/aromatic N) is 4. The Morgan fingerprint density at radius 3 is 2.55 bits per heavy atom. The van der Waals surface area contributed by atoms with Gasteiger partial charge < -0.3 is 14.8 Å². The maximum Gasteiger partial charge on any atom is 0.348 e. The summed E-state index contributed by atoms with van der Waals surface area (Å²) < 4.78 is 11.8. The van der Waals surface area contributed by atoms with Crippen LogP contribution in [0, 0.1) is 6.92 Å². The van der Waals surface area contributed by atoms with Gasteiger partial charge in [-0.25, -0.2) is 14.3 Å². The van der Waals surface area contributed by atoms with Crippen molar-refractivity contribution in [3.8, 4) is 0 Å². The number of thioether (sulfide) groups is 1. The third-order valence-electron chi connectivity index (χ3n) is 4.03. The van der Waals surface area contributed by atoms with Crippen molar-refractivity contribution in [2.24, 2.45) is 0 Å². The molecule has 0 aliphatic heterocycles. The highest BCUT2D eigenvalue weighted by Gasteiger charge is 2.29. The molecule has 3 rings (SSSR count). The first-order chi connectivity index (χ1) is 14.0. The van der Waals surface area contributed by atoms with Gasteiger partial charge in [0.1, 0.15) is 9.88 Å². The van der Waals surface area contributed by atoms with Gasteiger partial charge >= 0.3 is 11.9 Å². The normalized spacial score (nSPS) is 13.2. The number of nitrogens with one attached hydrogen (secondary N) is 1. The molecule has 1 N–H and O–H groups in total. The number of aromatic nitrogens is 4. The zero-order chi connectivity index (χ0) is 21.0. The monoisotopic (exact) mass is 439 g/mol. The van der Waals surface area contributed by atoms with E-state index in [1.807, 2.05) is 0 Å². The molecule has 2 aromatic rings. The van der Waals surface area contributed by atoms with Crippen molar-refractivity contribution in [3.05, 3.63) is 16.0 Å². The molecule has 2 aromatic heterocycles. The Morgan fingerprint density at radius 1 is 1.21 bits per heavy atom. The van der Waals surface area contributed by atoms with E-state index in [-0.39, 0.29) is 40.3 Å². The number of tetrazole rings is 1. The van der Waals surface area contributed by atoms with E-state index in [0.717, 1.165) is 24.2 Å². The fourth-order valence-electron chi connectivity index (χ4n) is 2.56. The summed E-state index contributed by atoms with van der Waals surface area (Å²) in [6, 6.07) is 0.304. The van der Waals surface area contributed by atoms with Crippen LogP contribution >= 0.6 is 23.1 Å². The highest BCUT2D eigenvalue weighted by molar-refractivity contribution is 7.99. The van der Waals surface area contributed by atoms with Gasteiger partial charge in [-0.15, -0.1) is 16.4 Å². The van der Waals surface area contributed by atoms with Gasteiger partial charge in [0.05, 0.1) is 30.6 Å². The van der Waals surface area contributed by atoms with Crippen LogP contribution in [0.2, 0.25) is 0 Å². The lowest BCUT2D eigenvalue weighted by Crippen LogP contribution is -2.17. The summed E-state index contributed by atoms with van der Waals surface area (Å²) >= 11 is 2.21. The van der Waals surface area contributed by atoms with Gasteiger partial charge in [-0.05, 0) is 49.6 Å². The van der Waals surface area contributed by atoms with Gasteiger partial charge in [0.25, 0.3) is 0 Å². The van der Waals surface area contributed by atoms with Crippen molar-refractivity contribution in [1.29, 1.82) is 0 Å². The molecule has 0 atom stereocenters. The molecule has 1 amide bonds. The second-order valence-corrected chi connectivity index (χ2v) is 8.14. The lowest BCUT2D eigenvalue weighted by atomic mass is 10.1. The Morgan fingerprint density at radius 2 is 1.90 bits per heavy atom. The van der Waals surface area contributed by atoms with Crippen LogP contribution in [0.1, 0.15) is 58.3 Å². The summed E-state index contributed by atoms with van der Waals surface area (Å²) in [5.74, 6) is -1.43. The van der Waals surface area contributed by atoms with Crippen LogP contribution in [0.3, 0.4) is 0 Å². The number of amides is 1. The summed E-state index contributed by atoms with van der Waals surface area (Å²) in [4.78, 5) is 37.3. The van der Waals surface area contributed by atoms with Crippen LogP contribution in [0.25, 0.3) is 0 Å². The van der Waals surface area contributed by atoms with Crippen molar-refractivity contribution in [2.75, 3.05) is 24.3 Å². The number of hydrogen-bond acceptors (Lipinski definition) is 10. The van der Waals surface area contributed by atoms with Gasteiger partial charge in [0.15, 0.2) is 0 Å². The first kappa shape index (κ1) is 21.2. The molecule has 1 aliphatic carbocycles. The number of carbonyl (C=O) groups excluding carboxylic acids is 3.